The van der Waals surface area contributed by atoms with Gasteiger partial charge in [-0.15, -0.1) is 3.89 Å². The van der Waals surface area contributed by atoms with Crippen molar-refractivity contribution >= 4 is 24.0 Å². The van der Waals surface area contributed by atoms with E-state index in [4.69, 9.17) is 15.8 Å². The number of halogens is 3. The summed E-state index contributed by atoms with van der Waals surface area (Å²) in [5.74, 6) is -0.133. The highest BCUT2D eigenvalue weighted by atomic mass is 35.5. The topological polar surface area (TPSA) is 22.1 Å². The third-order valence-electron chi connectivity index (χ3n) is 2.06. The predicted molar refractivity (Wildman–Crippen MR) is 64.0 cm³/mol. The van der Waals surface area contributed by atoms with Crippen LogP contribution in [0.4, 0.5) is 8.28 Å². The molecule has 1 heterocycles. The molecule has 6 heteroatoms. The van der Waals surface area contributed by atoms with Crippen molar-refractivity contribution < 1.29 is 12.5 Å². The molecule has 0 radical (unpaired) electrons. The fourth-order valence-electron chi connectivity index (χ4n) is 1.34. The van der Waals surface area contributed by atoms with Crippen LogP contribution in [0, 0.1) is 5.82 Å². The first kappa shape index (κ1) is 12.1. The third kappa shape index (κ3) is 2.87. The summed E-state index contributed by atoms with van der Waals surface area (Å²) < 4.78 is 29.6. The minimum absolute atomic E-state index is 0.230. The molecule has 2 aromatic rings. The lowest BCUT2D eigenvalue weighted by Crippen LogP contribution is -1.89. The Hall–Kier alpha value is -1.33. The molecule has 0 spiro atoms. The van der Waals surface area contributed by atoms with Crippen LogP contribution in [0.15, 0.2) is 36.4 Å². The summed E-state index contributed by atoms with van der Waals surface area (Å²) in [6.07, 6.45) is 0. The molecule has 0 fully saturated rings. The van der Waals surface area contributed by atoms with E-state index < -0.39 is 0 Å². The summed E-state index contributed by atoms with van der Waals surface area (Å²) >= 11 is 5.47. The maximum atomic E-state index is 12.8. The Bertz CT molecular complexity index is 521. The average molecular weight is 274 g/mol. The Morgan fingerprint density at radius 2 is 1.82 bits per heavy atom. The summed E-state index contributed by atoms with van der Waals surface area (Å²) in [6, 6.07) is 8.59. The van der Waals surface area contributed by atoms with Crippen LogP contribution < -0.4 is 4.18 Å². The smallest absolute Gasteiger partial charge is 0.272 e. The summed E-state index contributed by atoms with van der Waals surface area (Å²) in [7, 11) is 0. The minimum atomic E-state index is -0.363. The van der Waals surface area contributed by atoms with Crippen molar-refractivity contribution in [3.8, 4) is 17.0 Å². The third-order valence-corrected chi connectivity index (χ3v) is 2.52. The molecule has 88 valence electrons. The van der Waals surface area contributed by atoms with Gasteiger partial charge in [0.1, 0.15) is 16.7 Å². The number of rotatable bonds is 3. The Labute approximate surface area is 106 Å². The van der Waals surface area contributed by atoms with E-state index >= 15 is 0 Å². The van der Waals surface area contributed by atoms with E-state index in [2.05, 4.69) is 4.98 Å². The van der Waals surface area contributed by atoms with Crippen molar-refractivity contribution in [3.05, 3.63) is 47.4 Å². The van der Waals surface area contributed by atoms with Crippen molar-refractivity contribution in [2.24, 2.45) is 0 Å². The molecule has 0 saturated heterocycles. The maximum absolute atomic E-state index is 12.8. The maximum Gasteiger partial charge on any atom is 0.272 e. The molecule has 0 unspecified atom stereocenters. The van der Waals surface area contributed by atoms with E-state index in [-0.39, 0.29) is 29.1 Å². The zero-order valence-electron chi connectivity index (χ0n) is 8.36. The van der Waals surface area contributed by atoms with Crippen LogP contribution in [-0.4, -0.2) is 4.98 Å². The van der Waals surface area contributed by atoms with Gasteiger partial charge < -0.3 is 4.18 Å². The molecule has 0 saturated carbocycles. The molecule has 0 aliphatic rings. The first-order valence-corrected chi connectivity index (χ1v) is 5.60. The number of hydrogen-bond acceptors (Lipinski definition) is 3. The van der Waals surface area contributed by atoms with Crippen molar-refractivity contribution in [3.63, 3.8) is 0 Å². The molecule has 0 N–H and O–H groups in total. The minimum Gasteiger partial charge on any atom is -0.395 e. The summed E-state index contributed by atoms with van der Waals surface area (Å²) in [5, 5.41) is 0.250. The molecule has 2 nitrogen and oxygen atoms in total. The molecule has 0 amide bonds. The molecule has 0 aliphatic carbocycles. The lowest BCUT2D eigenvalue weighted by Gasteiger charge is -2.07. The quantitative estimate of drug-likeness (QED) is 0.609. The van der Waals surface area contributed by atoms with E-state index in [0.717, 1.165) is 0 Å². The lowest BCUT2D eigenvalue weighted by atomic mass is 10.1. The summed E-state index contributed by atoms with van der Waals surface area (Å²) in [4.78, 5) is 4.03. The van der Waals surface area contributed by atoms with Gasteiger partial charge in [-0.05, 0) is 36.4 Å². The second-order valence-electron chi connectivity index (χ2n) is 3.13. The predicted octanol–water partition coefficient (Wildman–Crippen LogP) is 4.45. The molecule has 1 aromatic carbocycles. The van der Waals surface area contributed by atoms with Crippen LogP contribution >= 0.6 is 24.0 Å². The number of aromatic nitrogens is 1. The van der Waals surface area contributed by atoms with Gasteiger partial charge in [-0.2, -0.15) is 0 Å². The first-order chi connectivity index (χ1) is 8.20. The number of pyridine rings is 1. The Morgan fingerprint density at radius 1 is 1.12 bits per heavy atom. The average Bonchev–Trinajstić information content (AvgIpc) is 2.33. The van der Waals surface area contributed by atoms with Crippen LogP contribution in [0.25, 0.3) is 11.3 Å². The van der Waals surface area contributed by atoms with Crippen molar-refractivity contribution in [2.45, 2.75) is 0 Å². The lowest BCUT2D eigenvalue weighted by molar-refractivity contribution is 0.609. The molecule has 0 atom stereocenters. The van der Waals surface area contributed by atoms with Crippen molar-refractivity contribution in [1.29, 1.82) is 0 Å². The summed E-state index contributed by atoms with van der Waals surface area (Å²) in [5.41, 5.74) is 0.959. The number of hydrogen-bond donors (Lipinski definition) is 0. The van der Waals surface area contributed by atoms with E-state index in [1.54, 1.807) is 0 Å². The van der Waals surface area contributed by atoms with Gasteiger partial charge >= 0.3 is 0 Å². The Morgan fingerprint density at radius 3 is 2.47 bits per heavy atom. The normalized spacial score (nSPS) is 10.3. The molecule has 2 rings (SSSR count). The van der Waals surface area contributed by atoms with Gasteiger partial charge in [0, 0.05) is 5.56 Å². The molecule has 0 bridgehead atoms. The van der Waals surface area contributed by atoms with Crippen molar-refractivity contribution in [1.82, 2.24) is 4.98 Å². The van der Waals surface area contributed by atoms with E-state index in [1.807, 2.05) is 0 Å². The first-order valence-electron chi connectivity index (χ1n) is 4.58. The van der Waals surface area contributed by atoms with Gasteiger partial charge in [-0.1, -0.05) is 11.6 Å². The number of benzene rings is 1. The van der Waals surface area contributed by atoms with Gasteiger partial charge in [-0.3, -0.25) is 0 Å². The van der Waals surface area contributed by atoms with Crippen LogP contribution in [-0.2, 0) is 0 Å². The zero-order valence-corrected chi connectivity index (χ0v) is 9.93. The number of nitrogens with zero attached hydrogens (tertiary/aromatic N) is 1. The van der Waals surface area contributed by atoms with Crippen LogP contribution in [0.3, 0.4) is 0 Å². The van der Waals surface area contributed by atoms with E-state index in [9.17, 15) is 8.28 Å². The monoisotopic (exact) mass is 273 g/mol. The van der Waals surface area contributed by atoms with Crippen LogP contribution in [0.2, 0.25) is 5.15 Å². The molecule has 17 heavy (non-hydrogen) atoms. The fourth-order valence-corrected chi connectivity index (χ4v) is 1.69. The second-order valence-corrected chi connectivity index (χ2v) is 3.81. The van der Waals surface area contributed by atoms with Gasteiger partial charge in [0.15, 0.2) is 5.75 Å². The van der Waals surface area contributed by atoms with E-state index in [1.165, 1.54) is 36.4 Å². The highest BCUT2D eigenvalue weighted by Gasteiger charge is 2.10. The molecule has 1 aromatic heterocycles. The van der Waals surface area contributed by atoms with Crippen LogP contribution in [0.5, 0.6) is 5.75 Å². The van der Waals surface area contributed by atoms with Crippen molar-refractivity contribution in [2.75, 3.05) is 0 Å². The fraction of sp³-hybridized carbons (Fsp3) is 0. The Kier molecular flexibility index (Phi) is 3.81. The zero-order chi connectivity index (χ0) is 12.3. The Balaban J connectivity index is 2.48. The van der Waals surface area contributed by atoms with Gasteiger partial charge in [-0.25, -0.2) is 9.37 Å². The van der Waals surface area contributed by atoms with Gasteiger partial charge in [0.25, 0.3) is 12.4 Å². The molecule has 0 aliphatic heterocycles. The van der Waals surface area contributed by atoms with Gasteiger partial charge in [0.05, 0.1) is 0 Å². The largest absolute Gasteiger partial charge is 0.395 e. The SMILES string of the molecule is FSOc1ccc(Cl)nc1-c1ccc(F)cc1. The van der Waals surface area contributed by atoms with Crippen LogP contribution in [0.1, 0.15) is 0 Å². The summed E-state index contributed by atoms with van der Waals surface area (Å²) in [6.45, 7) is 0. The van der Waals surface area contributed by atoms with Gasteiger partial charge in [0.2, 0.25) is 0 Å². The van der Waals surface area contributed by atoms with E-state index in [0.29, 0.717) is 11.3 Å². The second kappa shape index (κ2) is 5.33. The molecular formula is C11H6ClF2NOS. The standard InChI is InChI=1S/C11H6ClF2NOS/c12-10-6-5-9(16-17-14)11(15-10)7-1-3-8(13)4-2-7/h1-6H. The highest BCUT2D eigenvalue weighted by molar-refractivity contribution is 7.89. The highest BCUT2D eigenvalue weighted by Crippen LogP contribution is 2.31. The molecular weight excluding hydrogens is 268 g/mol.